The largest absolute Gasteiger partial charge is 0.493 e. The van der Waals surface area contributed by atoms with Crippen LogP contribution in [0.2, 0.25) is 0 Å². The van der Waals surface area contributed by atoms with E-state index in [0.717, 1.165) is 10.9 Å². The van der Waals surface area contributed by atoms with Gasteiger partial charge < -0.3 is 29.0 Å². The van der Waals surface area contributed by atoms with Crippen LogP contribution in [0.25, 0.3) is 22.2 Å². The average Bonchev–Trinajstić information content (AvgIpc) is 3.35. The van der Waals surface area contributed by atoms with Crippen molar-refractivity contribution in [3.63, 3.8) is 0 Å². The van der Waals surface area contributed by atoms with Gasteiger partial charge in [0.05, 0.1) is 38.1 Å². The molecule has 1 N–H and O–H groups in total. The normalized spacial score (nSPS) is 11.9. The van der Waals surface area contributed by atoms with E-state index < -0.39 is 0 Å². The van der Waals surface area contributed by atoms with E-state index in [1.807, 2.05) is 24.3 Å². The number of nitrogens with one attached hydrogen (secondary N) is 1. The van der Waals surface area contributed by atoms with Gasteiger partial charge in [0.1, 0.15) is 0 Å². The third kappa shape index (κ3) is 3.79. The fraction of sp³-hybridized carbons (Fsp3) is 0.154. The van der Waals surface area contributed by atoms with E-state index >= 15 is 0 Å². The molecule has 0 radical (unpaired) electrons. The molecule has 0 atom stereocenters. The Morgan fingerprint density at radius 1 is 0.882 bits per heavy atom. The van der Waals surface area contributed by atoms with Crippen molar-refractivity contribution in [2.24, 2.45) is 0 Å². The van der Waals surface area contributed by atoms with Crippen molar-refractivity contribution in [2.45, 2.75) is 0 Å². The predicted octanol–water partition coefficient (Wildman–Crippen LogP) is 4.91. The van der Waals surface area contributed by atoms with E-state index in [2.05, 4.69) is 5.32 Å². The lowest BCUT2D eigenvalue weighted by atomic mass is 10.0. The molecular weight excluding hydrogens is 436 g/mol. The van der Waals surface area contributed by atoms with Crippen LogP contribution in [0.3, 0.4) is 0 Å². The van der Waals surface area contributed by atoms with E-state index in [0.29, 0.717) is 51.2 Å². The number of nitrogens with zero attached hydrogens (tertiary/aromatic N) is 1. The number of pyridine rings is 1. The van der Waals surface area contributed by atoms with E-state index in [4.69, 9.17) is 28.7 Å². The lowest BCUT2D eigenvalue weighted by Gasteiger charge is -2.15. The van der Waals surface area contributed by atoms with Crippen LogP contribution >= 0.6 is 0 Å². The first-order valence-electron chi connectivity index (χ1n) is 10.5. The van der Waals surface area contributed by atoms with Crippen LogP contribution in [-0.4, -0.2) is 39.0 Å². The Morgan fingerprint density at radius 3 is 2.35 bits per heavy atom. The third-order valence-electron chi connectivity index (χ3n) is 5.55. The lowest BCUT2D eigenvalue weighted by Crippen LogP contribution is -2.13. The second-order valence-electron chi connectivity index (χ2n) is 7.51. The van der Waals surface area contributed by atoms with Gasteiger partial charge in [0.25, 0.3) is 5.91 Å². The zero-order valence-electron chi connectivity index (χ0n) is 18.9. The van der Waals surface area contributed by atoms with E-state index in [1.165, 1.54) is 0 Å². The molecular formula is C26H22N2O6. The van der Waals surface area contributed by atoms with Crippen LogP contribution in [0, 0.1) is 0 Å². The smallest absolute Gasteiger partial charge is 0.256 e. The first kappa shape index (κ1) is 21.4. The molecule has 0 saturated heterocycles. The molecule has 0 fully saturated rings. The van der Waals surface area contributed by atoms with Gasteiger partial charge in [-0.2, -0.15) is 0 Å². The number of para-hydroxylation sites is 1. The summed E-state index contributed by atoms with van der Waals surface area (Å²) in [4.78, 5) is 18.2. The fourth-order valence-corrected chi connectivity index (χ4v) is 3.91. The lowest BCUT2D eigenvalue weighted by molar-refractivity contribution is 0.102. The minimum absolute atomic E-state index is 0.167. The zero-order valence-corrected chi connectivity index (χ0v) is 18.9. The Bertz CT molecular complexity index is 1380. The van der Waals surface area contributed by atoms with Crippen molar-refractivity contribution in [2.75, 3.05) is 33.4 Å². The first-order chi connectivity index (χ1) is 16.6. The highest BCUT2D eigenvalue weighted by molar-refractivity contribution is 6.13. The van der Waals surface area contributed by atoms with Crippen molar-refractivity contribution in [3.8, 4) is 40.0 Å². The Labute approximate surface area is 196 Å². The second kappa shape index (κ2) is 8.82. The minimum atomic E-state index is -0.272. The van der Waals surface area contributed by atoms with Crippen LogP contribution in [0.5, 0.6) is 28.7 Å². The number of methoxy groups -OCH3 is 3. The number of hydrogen-bond acceptors (Lipinski definition) is 7. The molecule has 8 heteroatoms. The Morgan fingerprint density at radius 2 is 1.62 bits per heavy atom. The van der Waals surface area contributed by atoms with Gasteiger partial charge in [0, 0.05) is 22.7 Å². The molecule has 4 aromatic rings. The van der Waals surface area contributed by atoms with Crippen LogP contribution in [0.15, 0.2) is 60.7 Å². The van der Waals surface area contributed by atoms with Gasteiger partial charge in [-0.1, -0.05) is 18.2 Å². The number of benzene rings is 3. The number of fused-ring (bicyclic) bond motifs is 2. The molecule has 1 amide bonds. The van der Waals surface area contributed by atoms with Gasteiger partial charge in [0.15, 0.2) is 23.0 Å². The van der Waals surface area contributed by atoms with Gasteiger partial charge >= 0.3 is 0 Å². The molecule has 0 saturated carbocycles. The number of rotatable bonds is 6. The molecule has 0 bridgehead atoms. The van der Waals surface area contributed by atoms with Crippen molar-refractivity contribution in [3.05, 3.63) is 66.2 Å². The number of ether oxygens (including phenoxy) is 5. The van der Waals surface area contributed by atoms with Gasteiger partial charge in [-0.3, -0.25) is 4.79 Å². The van der Waals surface area contributed by atoms with Crippen LogP contribution in [0.1, 0.15) is 10.4 Å². The molecule has 5 rings (SSSR count). The van der Waals surface area contributed by atoms with Crippen LogP contribution in [0.4, 0.5) is 5.69 Å². The van der Waals surface area contributed by atoms with Gasteiger partial charge in [-0.15, -0.1) is 0 Å². The van der Waals surface area contributed by atoms with Crippen molar-refractivity contribution in [1.29, 1.82) is 0 Å². The van der Waals surface area contributed by atoms with Crippen LogP contribution < -0.4 is 29.0 Å². The second-order valence-corrected chi connectivity index (χ2v) is 7.51. The molecule has 0 spiro atoms. The Balaban J connectivity index is 1.59. The number of carbonyl (C=O) groups excluding carboxylic acids is 1. The molecule has 34 heavy (non-hydrogen) atoms. The van der Waals surface area contributed by atoms with E-state index in [9.17, 15) is 4.79 Å². The Kier molecular flexibility index (Phi) is 5.55. The van der Waals surface area contributed by atoms with Crippen molar-refractivity contribution < 1.29 is 28.5 Å². The summed E-state index contributed by atoms with van der Waals surface area (Å²) in [5, 5.41) is 3.68. The number of anilines is 1. The summed E-state index contributed by atoms with van der Waals surface area (Å²) in [5.74, 6) is 2.45. The summed E-state index contributed by atoms with van der Waals surface area (Å²) in [6, 6.07) is 18.1. The standard InChI is InChI=1S/C26H22N2O6/c1-30-23-10-15(11-24(31-2)25(23)32-3)20-13-18(17-6-4-5-7-19(17)28-20)26(29)27-16-8-9-21-22(12-16)34-14-33-21/h4-13H,14H2,1-3H3,(H,27,29). The topological polar surface area (TPSA) is 88.1 Å². The molecule has 8 nitrogen and oxygen atoms in total. The highest BCUT2D eigenvalue weighted by Gasteiger charge is 2.19. The molecule has 1 aliphatic heterocycles. The number of hydrogen-bond donors (Lipinski definition) is 1. The summed E-state index contributed by atoms with van der Waals surface area (Å²) in [5.41, 5.74) is 3.08. The van der Waals surface area contributed by atoms with Crippen LogP contribution in [-0.2, 0) is 0 Å². The quantitative estimate of drug-likeness (QED) is 0.439. The molecule has 0 aliphatic carbocycles. The monoisotopic (exact) mass is 458 g/mol. The minimum Gasteiger partial charge on any atom is -0.493 e. The molecule has 3 aromatic carbocycles. The van der Waals surface area contributed by atoms with E-state index in [-0.39, 0.29) is 12.7 Å². The summed E-state index contributed by atoms with van der Waals surface area (Å²) >= 11 is 0. The summed E-state index contributed by atoms with van der Waals surface area (Å²) in [7, 11) is 4.66. The van der Waals surface area contributed by atoms with Gasteiger partial charge in [-0.25, -0.2) is 4.98 Å². The fourth-order valence-electron chi connectivity index (χ4n) is 3.91. The summed E-state index contributed by atoms with van der Waals surface area (Å²) in [6.45, 7) is 0.167. The maximum atomic E-state index is 13.4. The number of amides is 1. The highest BCUT2D eigenvalue weighted by atomic mass is 16.7. The zero-order chi connectivity index (χ0) is 23.7. The average molecular weight is 458 g/mol. The third-order valence-corrected chi connectivity index (χ3v) is 5.55. The molecule has 1 aromatic heterocycles. The Hall–Kier alpha value is -4.46. The summed E-state index contributed by atoms with van der Waals surface area (Å²) < 4.78 is 27.2. The maximum Gasteiger partial charge on any atom is 0.256 e. The van der Waals surface area contributed by atoms with Gasteiger partial charge in [0.2, 0.25) is 12.5 Å². The predicted molar refractivity (Wildman–Crippen MR) is 127 cm³/mol. The SMILES string of the molecule is COc1cc(-c2cc(C(=O)Nc3ccc4c(c3)OCO4)c3ccccc3n2)cc(OC)c1OC. The molecule has 1 aliphatic rings. The number of aromatic nitrogens is 1. The number of carbonyl (C=O) groups is 1. The highest BCUT2D eigenvalue weighted by Crippen LogP contribution is 2.41. The molecule has 2 heterocycles. The van der Waals surface area contributed by atoms with Crippen molar-refractivity contribution in [1.82, 2.24) is 4.98 Å². The first-order valence-corrected chi connectivity index (χ1v) is 10.5. The van der Waals surface area contributed by atoms with E-state index in [1.54, 1.807) is 57.7 Å². The summed E-state index contributed by atoms with van der Waals surface area (Å²) in [6.07, 6.45) is 0. The maximum absolute atomic E-state index is 13.4. The van der Waals surface area contributed by atoms with Gasteiger partial charge in [-0.05, 0) is 36.4 Å². The molecule has 172 valence electrons. The molecule has 0 unspecified atom stereocenters. The van der Waals surface area contributed by atoms with Crippen molar-refractivity contribution >= 4 is 22.5 Å².